The molecular formula is C30H29F2NO2. The summed E-state index contributed by atoms with van der Waals surface area (Å²) < 4.78 is 34.7. The third-order valence-electron chi connectivity index (χ3n) is 6.79. The summed E-state index contributed by atoms with van der Waals surface area (Å²) in [5.74, 6) is -0.737. The Morgan fingerprint density at radius 1 is 0.829 bits per heavy atom. The molecule has 3 nitrogen and oxygen atoms in total. The van der Waals surface area contributed by atoms with Crippen LogP contribution in [0.3, 0.4) is 0 Å². The number of ether oxygens (including phenoxy) is 1. The summed E-state index contributed by atoms with van der Waals surface area (Å²) in [6.07, 6.45) is 4.39. The molecule has 0 atom stereocenters. The molecule has 4 aromatic carbocycles. The van der Waals surface area contributed by atoms with E-state index in [0.717, 1.165) is 53.3 Å². The second-order valence-electron chi connectivity index (χ2n) is 9.17. The molecule has 0 bridgehead atoms. The average molecular weight is 474 g/mol. The maximum Gasteiger partial charge on any atom is 0.166 e. The van der Waals surface area contributed by atoms with Crippen LogP contribution in [0, 0.1) is 11.6 Å². The number of nitrogens with zero attached hydrogens (tertiary/aromatic N) is 1. The molecule has 5 heteroatoms. The maximum atomic E-state index is 14.7. The van der Waals surface area contributed by atoms with E-state index in [1.54, 1.807) is 24.3 Å². The highest BCUT2D eigenvalue weighted by molar-refractivity contribution is 5.93. The first-order valence-electron chi connectivity index (χ1n) is 12.2. The van der Waals surface area contributed by atoms with E-state index in [1.807, 2.05) is 36.4 Å². The summed E-state index contributed by atoms with van der Waals surface area (Å²) >= 11 is 0. The zero-order chi connectivity index (χ0) is 24.2. The second kappa shape index (κ2) is 10.4. The fourth-order valence-electron chi connectivity index (χ4n) is 4.92. The van der Waals surface area contributed by atoms with Crippen molar-refractivity contribution in [2.45, 2.75) is 25.7 Å². The van der Waals surface area contributed by atoms with Crippen molar-refractivity contribution in [2.75, 3.05) is 26.2 Å². The molecule has 0 amide bonds. The van der Waals surface area contributed by atoms with Crippen LogP contribution in [0.1, 0.15) is 30.4 Å². The first-order chi connectivity index (χ1) is 17.1. The third-order valence-corrected chi connectivity index (χ3v) is 6.79. The molecule has 1 heterocycles. The molecule has 0 aliphatic carbocycles. The maximum absolute atomic E-state index is 14.7. The van der Waals surface area contributed by atoms with E-state index in [0.29, 0.717) is 18.6 Å². The molecule has 0 saturated carbocycles. The zero-order valence-electron chi connectivity index (χ0n) is 19.6. The number of benzene rings is 4. The first-order valence-corrected chi connectivity index (χ1v) is 12.2. The zero-order valence-corrected chi connectivity index (χ0v) is 19.6. The van der Waals surface area contributed by atoms with Gasteiger partial charge < -0.3 is 9.84 Å². The van der Waals surface area contributed by atoms with Crippen LogP contribution in [0.5, 0.6) is 11.5 Å². The van der Waals surface area contributed by atoms with Gasteiger partial charge in [-0.2, -0.15) is 0 Å². The fourth-order valence-corrected chi connectivity index (χ4v) is 4.92. The van der Waals surface area contributed by atoms with Crippen molar-refractivity contribution in [3.8, 4) is 22.6 Å². The molecule has 35 heavy (non-hydrogen) atoms. The standard InChI is InChI=1S/C30H29F2NO2/c31-29-6-4-5-27(30(29)32)26-13-9-22-20-23(34)10-14-25(22)28(26)19-21-7-11-24(12-8-21)35-18-17-33-15-2-1-3-16-33/h4-14,20,34H,1-3,15-19H2. The molecule has 0 unspecified atom stereocenters. The lowest BCUT2D eigenvalue weighted by atomic mass is 9.90. The number of phenols is 1. The van der Waals surface area contributed by atoms with E-state index in [1.165, 1.54) is 25.3 Å². The Morgan fingerprint density at radius 2 is 1.63 bits per heavy atom. The molecule has 180 valence electrons. The predicted octanol–water partition coefficient (Wildman–Crippen LogP) is 6.95. The smallest absolute Gasteiger partial charge is 0.166 e. The van der Waals surface area contributed by atoms with Crippen molar-refractivity contribution in [2.24, 2.45) is 0 Å². The van der Waals surface area contributed by atoms with Gasteiger partial charge in [0.2, 0.25) is 0 Å². The Bertz CT molecular complexity index is 1310. The lowest BCUT2D eigenvalue weighted by Crippen LogP contribution is -2.33. The highest BCUT2D eigenvalue weighted by atomic mass is 19.2. The quantitative estimate of drug-likeness (QED) is 0.315. The van der Waals surface area contributed by atoms with Crippen LogP contribution < -0.4 is 4.74 Å². The van der Waals surface area contributed by atoms with Gasteiger partial charge in [0, 0.05) is 12.1 Å². The minimum absolute atomic E-state index is 0.166. The Kier molecular flexibility index (Phi) is 6.96. The summed E-state index contributed by atoms with van der Waals surface area (Å²) in [6, 6.07) is 21.0. The number of piperidine rings is 1. The Morgan fingerprint density at radius 3 is 2.43 bits per heavy atom. The molecule has 1 fully saturated rings. The minimum Gasteiger partial charge on any atom is -0.508 e. The van der Waals surface area contributed by atoms with Crippen molar-refractivity contribution in [1.82, 2.24) is 4.90 Å². The second-order valence-corrected chi connectivity index (χ2v) is 9.17. The molecule has 1 saturated heterocycles. The van der Waals surface area contributed by atoms with E-state index >= 15 is 0 Å². The number of hydrogen-bond donors (Lipinski definition) is 1. The van der Waals surface area contributed by atoms with Gasteiger partial charge in [0.15, 0.2) is 11.6 Å². The topological polar surface area (TPSA) is 32.7 Å². The molecule has 1 N–H and O–H groups in total. The van der Waals surface area contributed by atoms with E-state index < -0.39 is 11.6 Å². The molecule has 0 radical (unpaired) electrons. The Balaban J connectivity index is 1.40. The Hall–Kier alpha value is -3.44. The van der Waals surface area contributed by atoms with Crippen molar-refractivity contribution < 1.29 is 18.6 Å². The Labute approximate surface area is 204 Å². The average Bonchev–Trinajstić information content (AvgIpc) is 2.88. The summed E-state index contributed by atoms with van der Waals surface area (Å²) in [5.41, 5.74) is 2.78. The molecule has 1 aliphatic heterocycles. The van der Waals surface area contributed by atoms with E-state index in [9.17, 15) is 13.9 Å². The van der Waals surface area contributed by atoms with Gasteiger partial charge in [0.25, 0.3) is 0 Å². The van der Waals surface area contributed by atoms with Gasteiger partial charge in [0.05, 0.1) is 0 Å². The lowest BCUT2D eigenvalue weighted by Gasteiger charge is -2.26. The van der Waals surface area contributed by atoms with Gasteiger partial charge in [-0.3, -0.25) is 4.90 Å². The van der Waals surface area contributed by atoms with Crippen molar-refractivity contribution in [3.63, 3.8) is 0 Å². The van der Waals surface area contributed by atoms with Gasteiger partial charge in [-0.05, 0) is 90.1 Å². The monoisotopic (exact) mass is 473 g/mol. The van der Waals surface area contributed by atoms with E-state index in [-0.39, 0.29) is 11.3 Å². The van der Waals surface area contributed by atoms with Crippen LogP contribution in [0.25, 0.3) is 21.9 Å². The summed E-state index contributed by atoms with van der Waals surface area (Å²) in [5, 5.41) is 11.7. The lowest BCUT2D eigenvalue weighted by molar-refractivity contribution is 0.183. The van der Waals surface area contributed by atoms with Gasteiger partial charge in [-0.15, -0.1) is 0 Å². The third kappa shape index (κ3) is 5.30. The molecule has 1 aliphatic rings. The molecule has 4 aromatic rings. The number of rotatable bonds is 7. The van der Waals surface area contributed by atoms with Crippen LogP contribution in [0.4, 0.5) is 8.78 Å². The van der Waals surface area contributed by atoms with Crippen LogP contribution in [0.15, 0.2) is 72.8 Å². The normalized spacial score (nSPS) is 14.3. The molecule has 0 spiro atoms. The number of hydrogen-bond acceptors (Lipinski definition) is 3. The number of likely N-dealkylation sites (tertiary alicyclic amines) is 1. The molecule has 0 aromatic heterocycles. The van der Waals surface area contributed by atoms with Crippen LogP contribution >= 0.6 is 0 Å². The number of fused-ring (bicyclic) bond motifs is 1. The van der Waals surface area contributed by atoms with Gasteiger partial charge in [-0.25, -0.2) is 8.78 Å². The van der Waals surface area contributed by atoms with E-state index in [2.05, 4.69) is 4.90 Å². The van der Waals surface area contributed by atoms with Crippen LogP contribution in [-0.4, -0.2) is 36.2 Å². The van der Waals surface area contributed by atoms with Gasteiger partial charge in [0.1, 0.15) is 18.1 Å². The van der Waals surface area contributed by atoms with Crippen LogP contribution in [0.2, 0.25) is 0 Å². The van der Waals surface area contributed by atoms with Gasteiger partial charge >= 0.3 is 0 Å². The SMILES string of the molecule is Oc1ccc2c(Cc3ccc(OCCN4CCCCC4)cc3)c(-c3cccc(F)c3F)ccc2c1. The first kappa shape index (κ1) is 23.3. The highest BCUT2D eigenvalue weighted by Crippen LogP contribution is 2.35. The molecule has 5 rings (SSSR count). The summed E-state index contributed by atoms with van der Waals surface area (Å²) in [7, 11) is 0. The minimum atomic E-state index is -0.870. The van der Waals surface area contributed by atoms with Crippen molar-refractivity contribution >= 4 is 10.8 Å². The number of halogens is 2. The summed E-state index contributed by atoms with van der Waals surface area (Å²) in [4.78, 5) is 2.45. The highest BCUT2D eigenvalue weighted by Gasteiger charge is 2.16. The predicted molar refractivity (Wildman–Crippen MR) is 136 cm³/mol. The van der Waals surface area contributed by atoms with Gasteiger partial charge in [-0.1, -0.05) is 48.9 Å². The van der Waals surface area contributed by atoms with Crippen molar-refractivity contribution in [1.29, 1.82) is 0 Å². The fraction of sp³-hybridized carbons (Fsp3) is 0.267. The van der Waals surface area contributed by atoms with Crippen LogP contribution in [-0.2, 0) is 6.42 Å². The number of phenolic OH excluding ortho intramolecular Hbond substituents is 1. The number of aromatic hydroxyl groups is 1. The van der Waals surface area contributed by atoms with Crippen molar-refractivity contribution in [3.05, 3.63) is 95.6 Å². The summed E-state index contributed by atoms with van der Waals surface area (Å²) in [6.45, 7) is 3.90. The molecular weight excluding hydrogens is 444 g/mol. The largest absolute Gasteiger partial charge is 0.508 e. The van der Waals surface area contributed by atoms with E-state index in [4.69, 9.17) is 4.74 Å².